The van der Waals surface area contributed by atoms with Crippen molar-refractivity contribution in [3.63, 3.8) is 0 Å². The van der Waals surface area contributed by atoms with Crippen molar-refractivity contribution in [2.45, 2.75) is 32.7 Å². The van der Waals surface area contributed by atoms with Gasteiger partial charge in [0.1, 0.15) is 24.7 Å². The maximum Gasteiger partial charge on any atom is 0.416 e. The second-order valence-corrected chi connectivity index (χ2v) is 9.69. The number of hydrogen-bond acceptors (Lipinski definition) is 4. The molecular formula is C34H34F6N4O2. The van der Waals surface area contributed by atoms with E-state index in [2.05, 4.69) is 5.10 Å². The van der Waals surface area contributed by atoms with Crippen molar-refractivity contribution in [3.05, 3.63) is 131 Å². The Morgan fingerprint density at radius 2 is 1.57 bits per heavy atom. The lowest BCUT2D eigenvalue weighted by Crippen LogP contribution is -2.20. The molecule has 0 unspecified atom stereocenters. The lowest BCUT2D eigenvalue weighted by Gasteiger charge is -2.14. The molecule has 0 saturated heterocycles. The summed E-state index contributed by atoms with van der Waals surface area (Å²) in [5.74, 6) is 6.03. The number of nitrogens with zero attached hydrogens (tertiary/aromatic N) is 2. The van der Waals surface area contributed by atoms with Crippen molar-refractivity contribution in [3.8, 4) is 11.5 Å². The number of halogens is 6. The van der Waals surface area contributed by atoms with Gasteiger partial charge < -0.3 is 25.6 Å². The average molecular weight is 645 g/mol. The first-order valence-electron chi connectivity index (χ1n) is 13.9. The van der Waals surface area contributed by atoms with Crippen molar-refractivity contribution < 1.29 is 35.8 Å². The minimum atomic E-state index is -4.78. The lowest BCUT2D eigenvalue weighted by molar-refractivity contribution is -0.137. The minimum absolute atomic E-state index is 0.112. The number of amidine groups is 1. The molecule has 1 heterocycles. The Labute approximate surface area is 262 Å². The van der Waals surface area contributed by atoms with E-state index in [1.807, 2.05) is 84.3 Å². The third kappa shape index (κ3) is 9.68. The fourth-order valence-corrected chi connectivity index (χ4v) is 4.39. The van der Waals surface area contributed by atoms with Gasteiger partial charge in [-0.1, -0.05) is 54.6 Å². The van der Waals surface area contributed by atoms with Crippen LogP contribution < -0.4 is 21.1 Å². The van der Waals surface area contributed by atoms with E-state index in [1.54, 1.807) is 12.1 Å². The van der Waals surface area contributed by atoms with Crippen LogP contribution in [0.25, 0.3) is 10.9 Å². The molecule has 0 aliphatic rings. The number of alkyl halides is 6. The molecule has 0 spiro atoms. The molecule has 46 heavy (non-hydrogen) atoms. The predicted octanol–water partition coefficient (Wildman–Crippen LogP) is 8.46. The number of fused-ring (bicyclic) bond motifs is 1. The quantitative estimate of drug-likeness (QED) is 0.0405. The Morgan fingerprint density at radius 1 is 0.870 bits per heavy atom. The number of benzene rings is 3. The maximum absolute atomic E-state index is 13.2. The van der Waals surface area contributed by atoms with Crippen LogP contribution >= 0.6 is 0 Å². The second kappa shape index (κ2) is 16.8. The normalized spacial score (nSPS) is 12.4. The third-order valence-electron chi connectivity index (χ3n) is 6.56. The largest absolute Gasteiger partial charge is 0.490 e. The molecule has 4 aromatic rings. The average Bonchev–Trinajstić information content (AvgIpc) is 3.41. The van der Waals surface area contributed by atoms with Crippen LogP contribution in [0.1, 0.15) is 41.3 Å². The molecule has 0 radical (unpaired) electrons. The van der Waals surface area contributed by atoms with Crippen molar-refractivity contribution in [1.29, 1.82) is 0 Å². The van der Waals surface area contributed by atoms with E-state index in [1.165, 1.54) is 0 Å². The van der Waals surface area contributed by atoms with Gasteiger partial charge in [-0.2, -0.15) is 18.3 Å². The highest BCUT2D eigenvalue weighted by Gasteiger charge is 2.32. The monoisotopic (exact) mass is 644 g/mol. The Hall–Kier alpha value is -5.13. The fraction of sp³-hybridized carbons (Fsp3) is 0.206. The standard InChI is InChI=1S/C33H31F5N4O2.CH3F/c1-2-3-4-5-6-7-14-43-27-12-13-29-24(16-27)18-30(32(39)41-40)42(29)20-22-8-10-23(11-9-22)21-44-28-17-25(31(34)35)15-26(19-28)33(36,37)38;1-2/h2-13,15-19,31H,14,20-21,40H2,1H3,(H2,39,41);1H3/b3-2-,5-4-,7-6+;. The maximum atomic E-state index is 13.2. The number of rotatable bonds is 12. The molecule has 0 aliphatic heterocycles. The SMILES string of the molecule is CF.C\C=C/C=C\C=C\COc1ccc2c(c1)cc(/C(N)=N/N)n2Cc1ccc(COc2cc(C(F)F)cc(C(F)(F)F)c2)cc1. The molecule has 6 nitrogen and oxygen atoms in total. The van der Waals surface area contributed by atoms with Gasteiger partial charge in [-0.05, 0) is 66.6 Å². The zero-order valence-corrected chi connectivity index (χ0v) is 25.1. The summed E-state index contributed by atoms with van der Waals surface area (Å²) >= 11 is 0. The highest BCUT2D eigenvalue weighted by molar-refractivity contribution is 6.01. The summed E-state index contributed by atoms with van der Waals surface area (Å²) in [5.41, 5.74) is 7.15. The molecule has 0 atom stereocenters. The number of aromatic nitrogens is 1. The molecule has 0 amide bonds. The van der Waals surface area contributed by atoms with E-state index >= 15 is 0 Å². The van der Waals surface area contributed by atoms with Crippen LogP contribution in [0, 0.1) is 0 Å². The summed E-state index contributed by atoms with van der Waals surface area (Å²) < 4.78 is 88.5. The van der Waals surface area contributed by atoms with Gasteiger partial charge in [-0.3, -0.25) is 4.39 Å². The number of nitrogens with two attached hydrogens (primary N) is 2. The molecule has 0 saturated carbocycles. The van der Waals surface area contributed by atoms with E-state index in [9.17, 15) is 26.3 Å². The van der Waals surface area contributed by atoms with Gasteiger partial charge in [0.15, 0.2) is 5.84 Å². The van der Waals surface area contributed by atoms with E-state index in [-0.39, 0.29) is 18.2 Å². The van der Waals surface area contributed by atoms with Gasteiger partial charge in [0, 0.05) is 23.0 Å². The van der Waals surface area contributed by atoms with Crippen LogP contribution in [0.4, 0.5) is 26.3 Å². The van der Waals surface area contributed by atoms with Crippen LogP contribution in [0.2, 0.25) is 0 Å². The Bertz CT molecular complexity index is 1690. The molecule has 4 N–H and O–H groups in total. The summed E-state index contributed by atoms with van der Waals surface area (Å²) in [5, 5.41) is 4.53. The molecule has 1 aromatic heterocycles. The first kappa shape index (κ1) is 35.4. The lowest BCUT2D eigenvalue weighted by atomic mass is 10.1. The van der Waals surface area contributed by atoms with Gasteiger partial charge in [0.2, 0.25) is 0 Å². The summed E-state index contributed by atoms with van der Waals surface area (Å²) in [7, 11) is 0.500. The van der Waals surface area contributed by atoms with Crippen LogP contribution in [-0.2, 0) is 19.3 Å². The summed E-state index contributed by atoms with van der Waals surface area (Å²) in [6.07, 6.45) is 3.66. The van der Waals surface area contributed by atoms with Gasteiger partial charge in [-0.25, -0.2) is 8.78 Å². The fourth-order valence-electron chi connectivity index (χ4n) is 4.39. The zero-order chi connectivity index (χ0) is 33.7. The summed E-state index contributed by atoms with van der Waals surface area (Å²) in [6.45, 7) is 2.63. The van der Waals surface area contributed by atoms with Crippen molar-refractivity contribution in [1.82, 2.24) is 4.57 Å². The van der Waals surface area contributed by atoms with Crippen molar-refractivity contribution >= 4 is 16.7 Å². The first-order valence-corrected chi connectivity index (χ1v) is 13.9. The summed E-state index contributed by atoms with van der Waals surface area (Å²) in [6, 6.07) is 16.7. The number of allylic oxidation sites excluding steroid dienone is 5. The summed E-state index contributed by atoms with van der Waals surface area (Å²) in [4.78, 5) is 0. The topological polar surface area (TPSA) is 87.8 Å². The van der Waals surface area contributed by atoms with Crippen LogP contribution in [0.15, 0.2) is 108 Å². The Balaban J connectivity index is 0.00000282. The van der Waals surface area contributed by atoms with Crippen molar-refractivity contribution in [2.75, 3.05) is 13.8 Å². The number of ether oxygens (including phenoxy) is 2. The van der Waals surface area contributed by atoms with Gasteiger partial charge in [0.25, 0.3) is 6.43 Å². The molecular weight excluding hydrogens is 610 g/mol. The van der Waals surface area contributed by atoms with Gasteiger partial charge >= 0.3 is 6.18 Å². The van der Waals surface area contributed by atoms with E-state index < -0.39 is 23.7 Å². The first-order chi connectivity index (χ1) is 22.1. The van der Waals surface area contributed by atoms with Crippen LogP contribution in [-0.4, -0.2) is 24.2 Å². The molecule has 0 bridgehead atoms. The van der Waals surface area contributed by atoms with E-state index in [4.69, 9.17) is 21.1 Å². The highest BCUT2D eigenvalue weighted by atomic mass is 19.4. The molecule has 0 aliphatic carbocycles. The number of hydrogen-bond donors (Lipinski definition) is 2. The smallest absolute Gasteiger partial charge is 0.416 e. The molecule has 4 rings (SSSR count). The molecule has 244 valence electrons. The van der Waals surface area contributed by atoms with Crippen molar-refractivity contribution in [2.24, 2.45) is 16.7 Å². The predicted molar refractivity (Wildman–Crippen MR) is 169 cm³/mol. The third-order valence-corrected chi connectivity index (χ3v) is 6.56. The van der Waals surface area contributed by atoms with E-state index in [0.29, 0.717) is 49.5 Å². The van der Waals surface area contributed by atoms with Crippen LogP contribution in [0.3, 0.4) is 0 Å². The molecule has 12 heteroatoms. The van der Waals surface area contributed by atoms with E-state index in [0.717, 1.165) is 22.5 Å². The molecule has 0 fully saturated rings. The van der Waals surface area contributed by atoms with Crippen LogP contribution in [0.5, 0.6) is 11.5 Å². The number of hydrazone groups is 1. The molecule has 3 aromatic carbocycles. The highest BCUT2D eigenvalue weighted by Crippen LogP contribution is 2.35. The minimum Gasteiger partial charge on any atom is -0.490 e. The second-order valence-electron chi connectivity index (χ2n) is 9.69. The Morgan fingerprint density at radius 3 is 2.22 bits per heavy atom. The van der Waals surface area contributed by atoms with Gasteiger partial charge in [0.05, 0.1) is 18.4 Å². The Kier molecular flexibility index (Phi) is 12.9. The van der Waals surface area contributed by atoms with Gasteiger partial charge in [-0.15, -0.1) is 0 Å². The zero-order valence-electron chi connectivity index (χ0n) is 25.1.